The Hall–Kier alpha value is -1.61. The first-order valence-corrected chi connectivity index (χ1v) is 4.76. The van der Waals surface area contributed by atoms with Crippen molar-refractivity contribution in [1.82, 2.24) is 0 Å². The number of aliphatic carboxylic acids is 1. The van der Waals surface area contributed by atoms with Gasteiger partial charge in [-0.2, -0.15) is 0 Å². The first kappa shape index (κ1) is 11.5. The molecule has 0 fully saturated rings. The van der Waals surface area contributed by atoms with Gasteiger partial charge in [-0.25, -0.2) is 4.79 Å². The zero-order valence-electron chi connectivity index (χ0n) is 8.60. The molecule has 1 aromatic rings. The van der Waals surface area contributed by atoms with Gasteiger partial charge in [0, 0.05) is 6.61 Å². The minimum absolute atomic E-state index is 0.0323. The van der Waals surface area contributed by atoms with Crippen LogP contribution in [0.1, 0.15) is 18.9 Å². The number of rotatable bonds is 4. The Bertz CT molecular complexity index is 366. The maximum absolute atomic E-state index is 11.1. The van der Waals surface area contributed by atoms with Crippen LogP contribution in [0, 0.1) is 0 Å². The van der Waals surface area contributed by atoms with Gasteiger partial charge in [0.05, 0.1) is 5.57 Å². The summed E-state index contributed by atoms with van der Waals surface area (Å²) in [7, 11) is 0. The third kappa shape index (κ3) is 2.92. The predicted molar refractivity (Wildman–Crippen MR) is 58.4 cm³/mol. The molecule has 1 aromatic carbocycles. The van der Waals surface area contributed by atoms with E-state index in [0.29, 0.717) is 17.6 Å². The first-order chi connectivity index (χ1) is 7.16. The van der Waals surface area contributed by atoms with Gasteiger partial charge < -0.3 is 10.2 Å². The van der Waals surface area contributed by atoms with Gasteiger partial charge >= 0.3 is 5.97 Å². The van der Waals surface area contributed by atoms with Crippen LogP contribution in [0.4, 0.5) is 0 Å². The summed E-state index contributed by atoms with van der Waals surface area (Å²) in [6.45, 7) is 1.70. The summed E-state index contributed by atoms with van der Waals surface area (Å²) >= 11 is 0. The van der Waals surface area contributed by atoms with E-state index in [1.165, 1.54) is 0 Å². The van der Waals surface area contributed by atoms with Crippen LogP contribution in [0.2, 0.25) is 0 Å². The second-order valence-electron chi connectivity index (χ2n) is 3.30. The maximum Gasteiger partial charge on any atom is 0.336 e. The number of aliphatic hydroxyl groups is 1. The van der Waals surface area contributed by atoms with Crippen molar-refractivity contribution in [3.63, 3.8) is 0 Å². The Balaban J connectivity index is 3.15. The monoisotopic (exact) mass is 206 g/mol. The molecule has 0 saturated carbocycles. The highest BCUT2D eigenvalue weighted by Gasteiger charge is 2.12. The van der Waals surface area contributed by atoms with Gasteiger partial charge in [0.25, 0.3) is 0 Å². The number of aliphatic hydroxyl groups excluding tert-OH is 1. The third-order valence-electron chi connectivity index (χ3n) is 2.19. The molecule has 0 heterocycles. The standard InChI is InChI=1S/C12H14O3/c1-9(7-8-13)11(12(14)15)10-5-3-2-4-6-10/h2-6,13H,7-8H2,1H3,(H,14,15). The minimum Gasteiger partial charge on any atom is -0.478 e. The van der Waals surface area contributed by atoms with Crippen molar-refractivity contribution in [1.29, 1.82) is 0 Å². The largest absolute Gasteiger partial charge is 0.478 e. The number of hydrogen-bond donors (Lipinski definition) is 2. The van der Waals surface area contributed by atoms with Crippen LogP contribution in [0.25, 0.3) is 5.57 Å². The van der Waals surface area contributed by atoms with Gasteiger partial charge in [-0.05, 0) is 18.9 Å². The third-order valence-corrected chi connectivity index (χ3v) is 2.19. The summed E-state index contributed by atoms with van der Waals surface area (Å²) in [4.78, 5) is 11.1. The number of benzene rings is 1. The summed E-state index contributed by atoms with van der Waals surface area (Å²) in [5.41, 5.74) is 1.65. The molecule has 0 atom stereocenters. The quantitative estimate of drug-likeness (QED) is 0.740. The molecular formula is C12H14O3. The lowest BCUT2D eigenvalue weighted by Gasteiger charge is -2.07. The van der Waals surface area contributed by atoms with E-state index in [4.69, 9.17) is 10.2 Å². The highest BCUT2D eigenvalue weighted by atomic mass is 16.4. The normalized spacial score (nSPS) is 12.1. The summed E-state index contributed by atoms with van der Waals surface area (Å²) in [6.07, 6.45) is 0.385. The average molecular weight is 206 g/mol. The van der Waals surface area contributed by atoms with E-state index >= 15 is 0 Å². The Morgan fingerprint density at radius 2 is 1.87 bits per heavy atom. The van der Waals surface area contributed by atoms with Crippen molar-refractivity contribution >= 4 is 11.5 Å². The molecule has 0 aromatic heterocycles. The Morgan fingerprint density at radius 3 is 2.33 bits per heavy atom. The van der Waals surface area contributed by atoms with E-state index in [2.05, 4.69) is 0 Å². The molecule has 0 bridgehead atoms. The smallest absolute Gasteiger partial charge is 0.336 e. The fourth-order valence-electron chi connectivity index (χ4n) is 1.45. The van der Waals surface area contributed by atoms with Gasteiger partial charge in [-0.3, -0.25) is 0 Å². The van der Waals surface area contributed by atoms with E-state index in [1.54, 1.807) is 31.2 Å². The molecule has 1 rings (SSSR count). The fraction of sp³-hybridized carbons (Fsp3) is 0.250. The summed E-state index contributed by atoms with van der Waals surface area (Å²) < 4.78 is 0. The van der Waals surface area contributed by atoms with Crippen molar-refractivity contribution in [2.24, 2.45) is 0 Å². The van der Waals surface area contributed by atoms with Crippen LogP contribution >= 0.6 is 0 Å². The second-order valence-corrected chi connectivity index (χ2v) is 3.30. The van der Waals surface area contributed by atoms with Crippen LogP contribution < -0.4 is 0 Å². The lowest BCUT2D eigenvalue weighted by atomic mass is 9.99. The molecule has 0 radical (unpaired) electrons. The molecule has 0 aliphatic heterocycles. The van der Waals surface area contributed by atoms with Crippen LogP contribution in [-0.2, 0) is 4.79 Å². The predicted octanol–water partition coefficient (Wildman–Crippen LogP) is 1.93. The topological polar surface area (TPSA) is 57.5 Å². The van der Waals surface area contributed by atoms with Crippen molar-refractivity contribution in [3.8, 4) is 0 Å². The number of carboxylic acid groups (broad SMARTS) is 1. The van der Waals surface area contributed by atoms with E-state index < -0.39 is 5.97 Å². The Kier molecular flexibility index (Phi) is 4.06. The Morgan fingerprint density at radius 1 is 1.27 bits per heavy atom. The molecule has 2 N–H and O–H groups in total. The number of hydrogen-bond acceptors (Lipinski definition) is 2. The fourth-order valence-corrected chi connectivity index (χ4v) is 1.45. The molecule has 0 saturated heterocycles. The highest BCUT2D eigenvalue weighted by Crippen LogP contribution is 2.20. The van der Waals surface area contributed by atoms with Crippen molar-refractivity contribution in [3.05, 3.63) is 41.5 Å². The van der Waals surface area contributed by atoms with Crippen LogP contribution in [0.5, 0.6) is 0 Å². The zero-order valence-corrected chi connectivity index (χ0v) is 8.60. The van der Waals surface area contributed by atoms with Crippen LogP contribution in [0.15, 0.2) is 35.9 Å². The summed E-state index contributed by atoms with van der Waals surface area (Å²) in [6, 6.07) is 8.94. The van der Waals surface area contributed by atoms with Crippen LogP contribution in [0.3, 0.4) is 0 Å². The van der Waals surface area contributed by atoms with Gasteiger partial charge in [-0.15, -0.1) is 0 Å². The van der Waals surface area contributed by atoms with Crippen molar-refractivity contribution < 1.29 is 15.0 Å². The average Bonchev–Trinajstić information content (AvgIpc) is 2.19. The second kappa shape index (κ2) is 5.32. The van der Waals surface area contributed by atoms with Gasteiger partial charge in [-0.1, -0.05) is 35.9 Å². The molecule has 0 amide bonds. The van der Waals surface area contributed by atoms with Crippen molar-refractivity contribution in [2.75, 3.05) is 6.61 Å². The van der Waals surface area contributed by atoms with E-state index in [1.807, 2.05) is 6.07 Å². The summed E-state index contributed by atoms with van der Waals surface area (Å²) in [5, 5.41) is 17.9. The minimum atomic E-state index is -0.952. The SMILES string of the molecule is CC(CCO)=C(C(=O)O)c1ccccc1. The lowest BCUT2D eigenvalue weighted by Crippen LogP contribution is -2.03. The summed E-state index contributed by atoms with van der Waals surface area (Å²) in [5.74, 6) is -0.952. The number of carboxylic acids is 1. The van der Waals surface area contributed by atoms with E-state index in [9.17, 15) is 4.79 Å². The molecule has 0 spiro atoms. The van der Waals surface area contributed by atoms with Gasteiger partial charge in [0.2, 0.25) is 0 Å². The lowest BCUT2D eigenvalue weighted by molar-refractivity contribution is -0.130. The van der Waals surface area contributed by atoms with E-state index in [0.717, 1.165) is 0 Å². The van der Waals surface area contributed by atoms with Gasteiger partial charge in [0.1, 0.15) is 0 Å². The van der Waals surface area contributed by atoms with Crippen molar-refractivity contribution in [2.45, 2.75) is 13.3 Å². The zero-order chi connectivity index (χ0) is 11.3. The molecule has 0 aliphatic rings. The number of carbonyl (C=O) groups is 1. The molecule has 3 heteroatoms. The molecular weight excluding hydrogens is 192 g/mol. The molecule has 0 unspecified atom stereocenters. The van der Waals surface area contributed by atoms with Gasteiger partial charge in [0.15, 0.2) is 0 Å². The maximum atomic E-state index is 11.1. The van der Waals surface area contributed by atoms with E-state index in [-0.39, 0.29) is 12.2 Å². The molecule has 80 valence electrons. The Labute approximate surface area is 88.7 Å². The molecule has 15 heavy (non-hydrogen) atoms. The van der Waals surface area contributed by atoms with Crippen LogP contribution in [-0.4, -0.2) is 22.8 Å². The highest BCUT2D eigenvalue weighted by molar-refractivity contribution is 6.16. The molecule has 0 aliphatic carbocycles. The first-order valence-electron chi connectivity index (χ1n) is 4.76. The molecule has 3 nitrogen and oxygen atoms in total.